The number of non-ortho nitro benzene ring substituents is 1. The van der Waals surface area contributed by atoms with Crippen LogP contribution in [-0.2, 0) is 9.53 Å². The summed E-state index contributed by atoms with van der Waals surface area (Å²) < 4.78 is 5.51. The fraction of sp³-hybridized carbons (Fsp3) is 0.227. The number of thiocarbonyl (C=S) groups is 1. The molecule has 1 fully saturated rings. The zero-order valence-corrected chi connectivity index (χ0v) is 17.9. The lowest BCUT2D eigenvalue weighted by Crippen LogP contribution is -2.35. The van der Waals surface area contributed by atoms with Gasteiger partial charge in [-0.2, -0.15) is 0 Å². The van der Waals surface area contributed by atoms with Gasteiger partial charge in [0, 0.05) is 31.4 Å². The van der Waals surface area contributed by atoms with E-state index in [4.69, 9.17) is 17.0 Å². The third-order valence-corrected chi connectivity index (χ3v) is 4.91. The molecule has 1 saturated heterocycles. The first-order valence-corrected chi connectivity index (χ1v) is 10.4. The molecule has 0 aromatic heterocycles. The van der Waals surface area contributed by atoms with E-state index in [0.717, 1.165) is 12.8 Å². The van der Waals surface area contributed by atoms with Crippen LogP contribution in [0.4, 0.5) is 11.4 Å². The number of nitro groups is 1. The Hall–Kier alpha value is -3.63. The fourth-order valence-electron chi connectivity index (χ4n) is 3.08. The summed E-state index contributed by atoms with van der Waals surface area (Å²) in [5, 5.41) is 18.9. The predicted octanol–water partition coefficient (Wildman–Crippen LogP) is 3.03. The number of anilines is 1. The van der Waals surface area contributed by atoms with Crippen LogP contribution < -0.4 is 16.0 Å². The van der Waals surface area contributed by atoms with E-state index < -0.39 is 10.8 Å². The van der Waals surface area contributed by atoms with E-state index in [0.29, 0.717) is 30.0 Å². The number of nitrogens with zero attached hydrogens (tertiary/aromatic N) is 1. The SMILES string of the molecule is O=C(/C=C/c1ccc([N+](=O)[O-])cc1)NC(=S)Nc1ccccc1C(=O)NCC1CCCO1. The van der Waals surface area contributed by atoms with Gasteiger partial charge in [0.2, 0.25) is 5.91 Å². The highest BCUT2D eigenvalue weighted by atomic mass is 32.1. The highest BCUT2D eigenvalue weighted by Crippen LogP contribution is 2.16. The molecule has 2 amide bonds. The second kappa shape index (κ2) is 11.1. The van der Waals surface area contributed by atoms with Gasteiger partial charge in [0.1, 0.15) is 0 Å². The Morgan fingerprint density at radius 2 is 1.94 bits per heavy atom. The first kappa shape index (κ1) is 23.0. The molecule has 1 heterocycles. The number of carbonyl (C=O) groups excluding carboxylic acids is 2. The summed E-state index contributed by atoms with van der Waals surface area (Å²) in [7, 11) is 0. The van der Waals surface area contributed by atoms with E-state index in [2.05, 4.69) is 16.0 Å². The van der Waals surface area contributed by atoms with E-state index in [9.17, 15) is 19.7 Å². The number of para-hydroxylation sites is 1. The van der Waals surface area contributed by atoms with Crippen molar-refractivity contribution < 1.29 is 19.2 Å². The molecule has 1 atom stereocenters. The fourth-order valence-corrected chi connectivity index (χ4v) is 3.29. The maximum Gasteiger partial charge on any atom is 0.269 e. The van der Waals surface area contributed by atoms with Crippen molar-refractivity contribution in [3.63, 3.8) is 0 Å². The van der Waals surface area contributed by atoms with Crippen molar-refractivity contribution in [1.82, 2.24) is 10.6 Å². The average molecular weight is 455 g/mol. The highest BCUT2D eigenvalue weighted by Gasteiger charge is 2.18. The number of nitro benzene ring substituents is 1. The van der Waals surface area contributed by atoms with E-state index in [-0.39, 0.29) is 22.8 Å². The zero-order valence-electron chi connectivity index (χ0n) is 17.1. The number of rotatable bonds is 7. The maximum absolute atomic E-state index is 12.6. The Morgan fingerprint density at radius 1 is 1.19 bits per heavy atom. The summed E-state index contributed by atoms with van der Waals surface area (Å²) in [5.41, 5.74) is 1.44. The molecule has 0 bridgehead atoms. The molecule has 32 heavy (non-hydrogen) atoms. The van der Waals surface area contributed by atoms with Gasteiger partial charge in [0.25, 0.3) is 11.6 Å². The van der Waals surface area contributed by atoms with Gasteiger partial charge in [0.05, 0.1) is 22.3 Å². The first-order chi connectivity index (χ1) is 15.4. The Labute approximate surface area is 190 Å². The molecule has 2 aromatic carbocycles. The lowest BCUT2D eigenvalue weighted by molar-refractivity contribution is -0.384. The summed E-state index contributed by atoms with van der Waals surface area (Å²) in [6.45, 7) is 1.15. The minimum absolute atomic E-state index is 0.0296. The van der Waals surface area contributed by atoms with E-state index in [1.807, 2.05) is 0 Å². The third-order valence-electron chi connectivity index (χ3n) is 4.70. The molecule has 9 nitrogen and oxygen atoms in total. The van der Waals surface area contributed by atoms with Crippen molar-refractivity contribution in [2.24, 2.45) is 0 Å². The molecule has 2 aromatic rings. The molecular weight excluding hydrogens is 432 g/mol. The number of benzene rings is 2. The zero-order chi connectivity index (χ0) is 22.9. The van der Waals surface area contributed by atoms with Crippen LogP contribution in [0.2, 0.25) is 0 Å². The topological polar surface area (TPSA) is 123 Å². The van der Waals surface area contributed by atoms with Crippen LogP contribution in [0.1, 0.15) is 28.8 Å². The van der Waals surface area contributed by atoms with Crippen LogP contribution in [0.3, 0.4) is 0 Å². The Bertz CT molecular complexity index is 1030. The standard InChI is InChI=1S/C22H22N4O5S/c27-20(12-9-15-7-10-16(11-8-15)26(29)30)25-22(32)24-19-6-2-1-5-18(19)21(28)23-14-17-4-3-13-31-17/h1-2,5-12,17H,3-4,13-14H2,(H,23,28)(H2,24,25,27,32)/b12-9+. The van der Waals surface area contributed by atoms with Crippen LogP contribution in [0.25, 0.3) is 6.08 Å². The summed E-state index contributed by atoms with van der Waals surface area (Å²) in [6.07, 6.45) is 4.71. The lowest BCUT2D eigenvalue weighted by atomic mass is 10.1. The molecule has 10 heteroatoms. The Balaban J connectivity index is 1.54. The van der Waals surface area contributed by atoms with E-state index in [1.165, 1.54) is 36.4 Å². The van der Waals surface area contributed by atoms with Crippen molar-refractivity contribution in [3.05, 3.63) is 75.8 Å². The molecule has 1 aliphatic heterocycles. The number of ether oxygens (including phenoxy) is 1. The van der Waals surface area contributed by atoms with Gasteiger partial charge in [-0.05, 0) is 61.0 Å². The van der Waals surface area contributed by atoms with E-state index >= 15 is 0 Å². The van der Waals surface area contributed by atoms with Gasteiger partial charge in [-0.25, -0.2) is 0 Å². The molecule has 0 saturated carbocycles. The number of hydrogen-bond acceptors (Lipinski definition) is 6. The second-order valence-electron chi connectivity index (χ2n) is 7.02. The Kier molecular flexibility index (Phi) is 8.01. The molecule has 166 valence electrons. The maximum atomic E-state index is 12.6. The van der Waals surface area contributed by atoms with Gasteiger partial charge in [-0.15, -0.1) is 0 Å². The first-order valence-electron chi connectivity index (χ1n) is 9.95. The van der Waals surface area contributed by atoms with Crippen LogP contribution in [0.5, 0.6) is 0 Å². The van der Waals surface area contributed by atoms with Crippen LogP contribution in [-0.4, -0.2) is 41.1 Å². The molecule has 3 rings (SSSR count). The predicted molar refractivity (Wildman–Crippen MR) is 124 cm³/mol. The number of amides is 2. The van der Waals surface area contributed by atoms with Gasteiger partial charge in [0.15, 0.2) is 5.11 Å². The van der Waals surface area contributed by atoms with Gasteiger partial charge in [-0.3, -0.25) is 25.0 Å². The van der Waals surface area contributed by atoms with Crippen LogP contribution in [0.15, 0.2) is 54.6 Å². The van der Waals surface area contributed by atoms with Crippen molar-refractivity contribution in [2.75, 3.05) is 18.5 Å². The van der Waals surface area contributed by atoms with Crippen molar-refractivity contribution >= 4 is 46.6 Å². The smallest absolute Gasteiger partial charge is 0.269 e. The molecule has 3 N–H and O–H groups in total. The average Bonchev–Trinajstić information content (AvgIpc) is 3.30. The van der Waals surface area contributed by atoms with E-state index in [1.54, 1.807) is 24.3 Å². The minimum atomic E-state index is -0.495. The van der Waals surface area contributed by atoms with Crippen LogP contribution >= 0.6 is 12.2 Å². The third kappa shape index (κ3) is 6.69. The highest BCUT2D eigenvalue weighted by molar-refractivity contribution is 7.80. The molecular formula is C22H22N4O5S. The summed E-state index contributed by atoms with van der Waals surface area (Å²) in [6, 6.07) is 12.6. The molecule has 0 radical (unpaired) electrons. The van der Waals surface area contributed by atoms with Crippen molar-refractivity contribution in [2.45, 2.75) is 18.9 Å². The molecule has 0 spiro atoms. The summed E-state index contributed by atoms with van der Waals surface area (Å²) >= 11 is 5.18. The summed E-state index contributed by atoms with van der Waals surface area (Å²) in [4.78, 5) is 34.9. The monoisotopic (exact) mass is 454 g/mol. The van der Waals surface area contributed by atoms with Gasteiger partial charge in [-0.1, -0.05) is 12.1 Å². The number of carbonyl (C=O) groups is 2. The number of nitrogens with one attached hydrogen (secondary N) is 3. The molecule has 1 aliphatic rings. The largest absolute Gasteiger partial charge is 0.376 e. The lowest BCUT2D eigenvalue weighted by Gasteiger charge is -2.14. The summed E-state index contributed by atoms with van der Waals surface area (Å²) in [5.74, 6) is -0.753. The minimum Gasteiger partial charge on any atom is -0.376 e. The molecule has 0 aliphatic carbocycles. The quantitative estimate of drug-likeness (QED) is 0.254. The second-order valence-corrected chi connectivity index (χ2v) is 7.42. The van der Waals surface area contributed by atoms with Gasteiger partial charge >= 0.3 is 0 Å². The van der Waals surface area contributed by atoms with Crippen LogP contribution in [0, 0.1) is 10.1 Å². The van der Waals surface area contributed by atoms with Crippen molar-refractivity contribution in [3.8, 4) is 0 Å². The van der Waals surface area contributed by atoms with Crippen molar-refractivity contribution in [1.29, 1.82) is 0 Å². The normalized spacial score (nSPS) is 15.3. The van der Waals surface area contributed by atoms with Gasteiger partial charge < -0.3 is 15.4 Å². The molecule has 1 unspecified atom stereocenters. The number of hydrogen-bond donors (Lipinski definition) is 3. The Morgan fingerprint density at radius 3 is 2.62 bits per heavy atom.